The van der Waals surface area contributed by atoms with Gasteiger partial charge in [-0.25, -0.2) is 0 Å². The standard InChI is InChI=1S/C10H22N2O2/c1-8(2)12(5)9(13)6-14-10(3,4)7-11/h8H,6-7,11H2,1-5H3. The first-order chi connectivity index (χ1) is 6.30. The van der Waals surface area contributed by atoms with Gasteiger partial charge in [0.05, 0.1) is 5.60 Å². The molecule has 0 aromatic rings. The fourth-order valence-electron chi connectivity index (χ4n) is 0.706. The van der Waals surface area contributed by atoms with Crippen molar-refractivity contribution in [3.8, 4) is 0 Å². The number of hydrogen-bond donors (Lipinski definition) is 1. The van der Waals surface area contributed by atoms with Gasteiger partial charge in [0, 0.05) is 19.6 Å². The maximum atomic E-state index is 11.5. The third-order valence-corrected chi connectivity index (χ3v) is 2.25. The van der Waals surface area contributed by atoms with Crippen molar-refractivity contribution in [1.29, 1.82) is 0 Å². The van der Waals surface area contributed by atoms with Crippen LogP contribution in [-0.4, -0.2) is 42.6 Å². The van der Waals surface area contributed by atoms with E-state index < -0.39 is 5.60 Å². The number of nitrogens with zero attached hydrogens (tertiary/aromatic N) is 1. The number of hydrogen-bond acceptors (Lipinski definition) is 3. The van der Waals surface area contributed by atoms with Crippen molar-refractivity contribution in [1.82, 2.24) is 4.90 Å². The molecule has 0 atom stereocenters. The molecule has 0 rings (SSSR count). The Kier molecular flexibility index (Phi) is 5.08. The number of carbonyl (C=O) groups excluding carboxylic acids is 1. The molecule has 4 nitrogen and oxygen atoms in total. The van der Waals surface area contributed by atoms with Gasteiger partial charge in [0.15, 0.2) is 0 Å². The van der Waals surface area contributed by atoms with Gasteiger partial charge >= 0.3 is 0 Å². The second kappa shape index (κ2) is 5.32. The molecule has 1 amide bonds. The van der Waals surface area contributed by atoms with Gasteiger partial charge in [0.25, 0.3) is 0 Å². The monoisotopic (exact) mass is 202 g/mol. The minimum Gasteiger partial charge on any atom is -0.364 e. The van der Waals surface area contributed by atoms with Gasteiger partial charge in [-0.2, -0.15) is 0 Å². The molecule has 0 aliphatic heterocycles. The van der Waals surface area contributed by atoms with Gasteiger partial charge in [-0.1, -0.05) is 0 Å². The molecule has 0 bridgehead atoms. The molecule has 84 valence electrons. The first-order valence-corrected chi connectivity index (χ1v) is 4.90. The van der Waals surface area contributed by atoms with Crippen LogP contribution in [0.15, 0.2) is 0 Å². The van der Waals surface area contributed by atoms with Crippen LogP contribution in [0.1, 0.15) is 27.7 Å². The Morgan fingerprint density at radius 2 is 2.00 bits per heavy atom. The number of carbonyl (C=O) groups is 1. The zero-order chi connectivity index (χ0) is 11.4. The lowest BCUT2D eigenvalue weighted by Crippen LogP contribution is -2.41. The summed E-state index contributed by atoms with van der Waals surface area (Å²) in [7, 11) is 1.77. The third kappa shape index (κ3) is 4.58. The highest BCUT2D eigenvalue weighted by atomic mass is 16.5. The molecule has 0 aliphatic carbocycles. The summed E-state index contributed by atoms with van der Waals surface area (Å²) >= 11 is 0. The molecule has 0 aromatic carbocycles. The van der Waals surface area contributed by atoms with E-state index in [0.717, 1.165) is 0 Å². The highest BCUT2D eigenvalue weighted by Crippen LogP contribution is 2.06. The fraction of sp³-hybridized carbons (Fsp3) is 0.900. The summed E-state index contributed by atoms with van der Waals surface area (Å²) in [6, 6.07) is 0.201. The van der Waals surface area contributed by atoms with E-state index in [2.05, 4.69) is 0 Å². The Bertz CT molecular complexity index is 191. The Morgan fingerprint density at radius 1 is 1.50 bits per heavy atom. The zero-order valence-corrected chi connectivity index (χ0v) is 9.83. The van der Waals surface area contributed by atoms with Crippen molar-refractivity contribution < 1.29 is 9.53 Å². The summed E-state index contributed by atoms with van der Waals surface area (Å²) < 4.78 is 5.40. The van der Waals surface area contributed by atoms with E-state index >= 15 is 0 Å². The molecular weight excluding hydrogens is 180 g/mol. The van der Waals surface area contributed by atoms with Gasteiger partial charge in [-0.15, -0.1) is 0 Å². The Hall–Kier alpha value is -0.610. The number of amides is 1. The molecule has 0 saturated carbocycles. The Balaban J connectivity index is 3.97. The molecule has 0 aromatic heterocycles. The summed E-state index contributed by atoms with van der Waals surface area (Å²) in [6.07, 6.45) is 0. The molecule has 14 heavy (non-hydrogen) atoms. The predicted octanol–water partition coefficient (Wildman–Crippen LogP) is 0.607. The maximum absolute atomic E-state index is 11.5. The van der Waals surface area contributed by atoms with Crippen LogP contribution in [0.5, 0.6) is 0 Å². The van der Waals surface area contributed by atoms with Crippen LogP contribution in [0, 0.1) is 0 Å². The van der Waals surface area contributed by atoms with Crippen LogP contribution < -0.4 is 5.73 Å². The summed E-state index contributed by atoms with van der Waals surface area (Å²) in [4.78, 5) is 13.2. The van der Waals surface area contributed by atoms with E-state index in [4.69, 9.17) is 10.5 Å². The van der Waals surface area contributed by atoms with Gasteiger partial charge in [-0.3, -0.25) is 4.79 Å². The predicted molar refractivity (Wildman–Crippen MR) is 57.0 cm³/mol. The van der Waals surface area contributed by atoms with Gasteiger partial charge in [-0.05, 0) is 27.7 Å². The van der Waals surface area contributed by atoms with Gasteiger partial charge in [0.2, 0.25) is 5.91 Å². The number of likely N-dealkylation sites (N-methyl/N-ethyl adjacent to an activating group) is 1. The van der Waals surface area contributed by atoms with Crippen molar-refractivity contribution in [3.05, 3.63) is 0 Å². The highest BCUT2D eigenvalue weighted by molar-refractivity contribution is 5.77. The van der Waals surface area contributed by atoms with E-state index in [9.17, 15) is 4.79 Å². The number of rotatable bonds is 5. The van der Waals surface area contributed by atoms with Crippen molar-refractivity contribution in [3.63, 3.8) is 0 Å². The second-order valence-electron chi connectivity index (χ2n) is 4.35. The molecule has 0 spiro atoms. The first kappa shape index (κ1) is 13.4. The van der Waals surface area contributed by atoms with Crippen LogP contribution in [0.2, 0.25) is 0 Å². The minimum absolute atomic E-state index is 0.0125. The van der Waals surface area contributed by atoms with Crippen molar-refractivity contribution in [2.75, 3.05) is 20.2 Å². The second-order valence-corrected chi connectivity index (χ2v) is 4.35. The van der Waals surface area contributed by atoms with Crippen LogP contribution in [0.25, 0.3) is 0 Å². The maximum Gasteiger partial charge on any atom is 0.248 e. The van der Waals surface area contributed by atoms with Crippen LogP contribution >= 0.6 is 0 Å². The molecule has 0 saturated heterocycles. The largest absolute Gasteiger partial charge is 0.364 e. The number of ether oxygens (including phenoxy) is 1. The molecule has 0 heterocycles. The third-order valence-electron chi connectivity index (χ3n) is 2.25. The van der Waals surface area contributed by atoms with E-state index in [1.807, 2.05) is 27.7 Å². The lowest BCUT2D eigenvalue weighted by Gasteiger charge is -2.26. The smallest absolute Gasteiger partial charge is 0.248 e. The highest BCUT2D eigenvalue weighted by Gasteiger charge is 2.19. The first-order valence-electron chi connectivity index (χ1n) is 4.90. The van der Waals surface area contributed by atoms with Gasteiger partial charge < -0.3 is 15.4 Å². The van der Waals surface area contributed by atoms with Crippen molar-refractivity contribution in [2.24, 2.45) is 5.73 Å². The van der Waals surface area contributed by atoms with Crippen LogP contribution in [-0.2, 0) is 9.53 Å². The quantitative estimate of drug-likeness (QED) is 0.710. The summed E-state index contributed by atoms with van der Waals surface area (Å²) in [6.45, 7) is 8.17. The van der Waals surface area contributed by atoms with Crippen molar-refractivity contribution >= 4 is 5.91 Å². The molecule has 0 fully saturated rings. The number of nitrogens with two attached hydrogens (primary N) is 1. The van der Waals surface area contributed by atoms with Crippen LogP contribution in [0.4, 0.5) is 0 Å². The van der Waals surface area contributed by atoms with Crippen LogP contribution in [0.3, 0.4) is 0 Å². The lowest BCUT2D eigenvalue weighted by atomic mass is 10.1. The molecule has 0 radical (unpaired) electrons. The SMILES string of the molecule is CC(C)N(C)C(=O)COC(C)(C)CN. The summed E-state index contributed by atoms with van der Waals surface area (Å²) in [5, 5.41) is 0. The molecule has 0 unspecified atom stereocenters. The zero-order valence-electron chi connectivity index (χ0n) is 9.83. The van der Waals surface area contributed by atoms with E-state index in [-0.39, 0.29) is 18.6 Å². The Morgan fingerprint density at radius 3 is 2.36 bits per heavy atom. The average molecular weight is 202 g/mol. The Labute approximate surface area is 86.4 Å². The molecule has 2 N–H and O–H groups in total. The van der Waals surface area contributed by atoms with E-state index in [1.165, 1.54) is 0 Å². The fourth-order valence-corrected chi connectivity index (χ4v) is 0.706. The average Bonchev–Trinajstić information content (AvgIpc) is 2.13. The van der Waals surface area contributed by atoms with E-state index in [1.54, 1.807) is 11.9 Å². The summed E-state index contributed by atoms with van der Waals surface area (Å²) in [5.74, 6) is -0.0125. The molecule has 0 aliphatic rings. The lowest BCUT2D eigenvalue weighted by molar-refractivity contribution is -0.141. The van der Waals surface area contributed by atoms with Crippen molar-refractivity contribution in [2.45, 2.75) is 39.3 Å². The topological polar surface area (TPSA) is 55.6 Å². The molecular formula is C10H22N2O2. The molecule has 4 heteroatoms. The minimum atomic E-state index is -0.423. The van der Waals surface area contributed by atoms with Gasteiger partial charge in [0.1, 0.15) is 6.61 Å². The summed E-state index contributed by atoms with van der Waals surface area (Å²) in [5.41, 5.74) is 5.06. The van der Waals surface area contributed by atoms with E-state index in [0.29, 0.717) is 6.54 Å². The normalized spacial score (nSPS) is 11.9.